The zero-order valence-corrected chi connectivity index (χ0v) is 18.3. The molecule has 1 aliphatic heterocycles. The number of aliphatic carboxylic acids is 1. The number of hydrogen-bond donors (Lipinski definition) is 1. The molecule has 0 amide bonds. The van der Waals surface area contributed by atoms with Crippen LogP contribution >= 0.6 is 0 Å². The number of hydrogen-bond acceptors (Lipinski definition) is 5. The van der Waals surface area contributed by atoms with Crippen LogP contribution in [0.3, 0.4) is 0 Å². The summed E-state index contributed by atoms with van der Waals surface area (Å²) in [5.74, 6) is 4.31. The number of sulfone groups is 1. The summed E-state index contributed by atoms with van der Waals surface area (Å²) < 4.78 is 32.2. The fourth-order valence-electron chi connectivity index (χ4n) is 3.89. The van der Waals surface area contributed by atoms with Crippen LogP contribution in [0.25, 0.3) is 0 Å². The van der Waals surface area contributed by atoms with Crippen LogP contribution in [-0.2, 0) is 21.1 Å². The van der Waals surface area contributed by atoms with Crippen molar-refractivity contribution in [2.45, 2.75) is 37.1 Å². The highest BCUT2D eigenvalue weighted by Crippen LogP contribution is 2.30. The number of benzene rings is 2. The first-order valence-corrected chi connectivity index (χ1v) is 11.9. The molecule has 0 spiro atoms. The monoisotopic (exact) mass is 441 g/mol. The van der Waals surface area contributed by atoms with E-state index in [1.807, 2.05) is 35.2 Å². The molecule has 1 N–H and O–H groups in total. The van der Waals surface area contributed by atoms with Crippen LogP contribution in [0.5, 0.6) is 5.75 Å². The highest BCUT2D eigenvalue weighted by Gasteiger charge is 2.35. The lowest BCUT2D eigenvalue weighted by Gasteiger charge is -2.38. The minimum absolute atomic E-state index is 0.115. The van der Waals surface area contributed by atoms with E-state index in [-0.39, 0.29) is 29.2 Å². The first kappa shape index (κ1) is 22.9. The van der Waals surface area contributed by atoms with E-state index >= 15 is 0 Å². The van der Waals surface area contributed by atoms with E-state index < -0.39 is 21.7 Å². The smallest absolute Gasteiger partial charge is 0.306 e. The molecule has 1 fully saturated rings. The molecule has 0 radical (unpaired) electrons. The summed E-state index contributed by atoms with van der Waals surface area (Å²) in [6.07, 6.45) is 1.45. The zero-order valence-electron chi connectivity index (χ0n) is 17.5. The predicted octanol–water partition coefficient (Wildman–Crippen LogP) is 3.23. The van der Waals surface area contributed by atoms with Gasteiger partial charge >= 0.3 is 5.97 Å². The maximum atomic E-state index is 13.3. The number of rotatable bonds is 8. The molecule has 0 aliphatic carbocycles. The number of carboxylic acids is 1. The Balaban J connectivity index is 1.82. The molecule has 0 saturated carbocycles. The third-order valence-electron chi connectivity index (χ3n) is 5.50. The highest BCUT2D eigenvalue weighted by molar-refractivity contribution is 7.91. The summed E-state index contributed by atoms with van der Waals surface area (Å²) in [4.78, 5) is 13.6. The SMILES string of the molecule is CC#CCOc1ccccc1S(=O)(=O)CN1CCC(C(=O)O)CC1Cc1ccccc1. The van der Waals surface area contributed by atoms with Gasteiger partial charge in [0.1, 0.15) is 23.1 Å². The Bertz CT molecular complexity index is 1060. The Morgan fingerprint density at radius 1 is 1.16 bits per heavy atom. The normalized spacial score (nSPS) is 19.3. The highest BCUT2D eigenvalue weighted by atomic mass is 32.2. The lowest BCUT2D eigenvalue weighted by Crippen LogP contribution is -2.47. The molecule has 7 heteroatoms. The van der Waals surface area contributed by atoms with E-state index in [0.717, 1.165) is 5.56 Å². The van der Waals surface area contributed by atoms with Crippen LogP contribution < -0.4 is 4.74 Å². The lowest BCUT2D eigenvalue weighted by molar-refractivity contribution is -0.144. The van der Waals surface area contributed by atoms with Crippen molar-refractivity contribution in [2.75, 3.05) is 19.0 Å². The van der Waals surface area contributed by atoms with E-state index in [1.165, 1.54) is 0 Å². The Labute approximate surface area is 183 Å². The van der Waals surface area contributed by atoms with E-state index in [1.54, 1.807) is 31.2 Å². The topological polar surface area (TPSA) is 83.9 Å². The van der Waals surface area contributed by atoms with Crippen molar-refractivity contribution < 1.29 is 23.1 Å². The van der Waals surface area contributed by atoms with Gasteiger partial charge in [0, 0.05) is 12.6 Å². The van der Waals surface area contributed by atoms with Crippen LogP contribution in [0.4, 0.5) is 0 Å². The van der Waals surface area contributed by atoms with Crippen LogP contribution in [0.15, 0.2) is 59.5 Å². The molecule has 1 saturated heterocycles. The van der Waals surface area contributed by atoms with Crippen molar-refractivity contribution in [3.05, 3.63) is 60.2 Å². The zero-order chi connectivity index (χ0) is 22.3. The van der Waals surface area contributed by atoms with Gasteiger partial charge < -0.3 is 9.84 Å². The van der Waals surface area contributed by atoms with Gasteiger partial charge in [0.05, 0.1) is 5.92 Å². The number of para-hydroxylation sites is 1. The van der Waals surface area contributed by atoms with Crippen molar-refractivity contribution in [1.29, 1.82) is 0 Å². The van der Waals surface area contributed by atoms with Gasteiger partial charge in [0.25, 0.3) is 0 Å². The van der Waals surface area contributed by atoms with Crippen molar-refractivity contribution in [3.8, 4) is 17.6 Å². The van der Waals surface area contributed by atoms with Crippen LogP contribution in [0.2, 0.25) is 0 Å². The Morgan fingerprint density at radius 2 is 1.87 bits per heavy atom. The largest absolute Gasteiger partial charge is 0.481 e. The van der Waals surface area contributed by atoms with E-state index in [4.69, 9.17) is 4.74 Å². The molecule has 2 unspecified atom stereocenters. The number of piperidine rings is 1. The molecule has 1 heterocycles. The first-order chi connectivity index (χ1) is 14.9. The van der Waals surface area contributed by atoms with Gasteiger partial charge in [0.2, 0.25) is 0 Å². The van der Waals surface area contributed by atoms with Crippen LogP contribution in [-0.4, -0.2) is 49.5 Å². The molecule has 0 bridgehead atoms. The lowest BCUT2D eigenvalue weighted by atomic mass is 9.88. The van der Waals surface area contributed by atoms with E-state index in [2.05, 4.69) is 11.8 Å². The second-order valence-corrected chi connectivity index (χ2v) is 9.55. The van der Waals surface area contributed by atoms with Crippen molar-refractivity contribution in [1.82, 2.24) is 4.90 Å². The summed E-state index contributed by atoms with van der Waals surface area (Å²) in [5, 5.41) is 9.49. The van der Waals surface area contributed by atoms with Crippen molar-refractivity contribution in [2.24, 2.45) is 5.92 Å². The first-order valence-electron chi connectivity index (χ1n) is 10.3. The number of ether oxygens (including phenoxy) is 1. The molecule has 6 nitrogen and oxygen atoms in total. The standard InChI is InChI=1S/C24H27NO5S/c1-2-3-15-30-22-11-7-8-12-23(22)31(28,29)18-25-14-13-20(24(26)27)17-21(25)16-19-9-5-4-6-10-19/h4-12,20-21H,13-18H2,1H3,(H,26,27). The molecule has 0 aromatic heterocycles. The van der Waals surface area contributed by atoms with Crippen LogP contribution in [0.1, 0.15) is 25.3 Å². The second-order valence-electron chi connectivity index (χ2n) is 7.62. The molecule has 1 aliphatic rings. The van der Waals surface area contributed by atoms with Gasteiger partial charge in [-0.3, -0.25) is 9.69 Å². The van der Waals surface area contributed by atoms with Crippen molar-refractivity contribution in [3.63, 3.8) is 0 Å². The molecule has 2 aromatic rings. The fraction of sp³-hybridized carbons (Fsp3) is 0.375. The maximum absolute atomic E-state index is 13.3. The minimum Gasteiger partial charge on any atom is -0.481 e. The summed E-state index contributed by atoms with van der Waals surface area (Å²) in [6, 6.07) is 16.1. The molecule has 2 aromatic carbocycles. The maximum Gasteiger partial charge on any atom is 0.306 e. The molecule has 3 rings (SSSR count). The molecular formula is C24H27NO5S. The Morgan fingerprint density at radius 3 is 2.58 bits per heavy atom. The minimum atomic E-state index is -3.69. The Hall–Kier alpha value is -2.82. The van der Waals surface area contributed by atoms with Crippen molar-refractivity contribution >= 4 is 15.8 Å². The third kappa shape index (κ3) is 6.09. The molecular weight excluding hydrogens is 414 g/mol. The van der Waals surface area contributed by atoms with E-state index in [9.17, 15) is 18.3 Å². The quantitative estimate of drug-likeness (QED) is 0.634. The van der Waals surface area contributed by atoms with Gasteiger partial charge in [-0.15, -0.1) is 5.92 Å². The summed E-state index contributed by atoms with van der Waals surface area (Å²) >= 11 is 0. The van der Waals surface area contributed by atoms with Gasteiger partial charge in [-0.05, 0) is 43.9 Å². The molecule has 164 valence electrons. The number of carbonyl (C=O) groups is 1. The van der Waals surface area contributed by atoms with Gasteiger partial charge in [-0.2, -0.15) is 0 Å². The summed E-state index contributed by atoms with van der Waals surface area (Å²) in [6.45, 7) is 2.22. The number of carboxylic acid groups (broad SMARTS) is 1. The van der Waals surface area contributed by atoms with Gasteiger partial charge in [-0.1, -0.05) is 48.4 Å². The molecule has 2 atom stereocenters. The van der Waals surface area contributed by atoms with E-state index in [0.29, 0.717) is 25.8 Å². The summed E-state index contributed by atoms with van der Waals surface area (Å²) in [7, 11) is -3.69. The van der Waals surface area contributed by atoms with Crippen LogP contribution in [0, 0.1) is 17.8 Å². The average Bonchev–Trinajstić information content (AvgIpc) is 2.76. The second kappa shape index (κ2) is 10.5. The Kier molecular flexibility index (Phi) is 7.72. The van der Waals surface area contributed by atoms with Gasteiger partial charge in [0.15, 0.2) is 9.84 Å². The number of nitrogens with zero attached hydrogens (tertiary/aromatic N) is 1. The predicted molar refractivity (Wildman–Crippen MR) is 118 cm³/mol. The van der Waals surface area contributed by atoms with Gasteiger partial charge in [-0.25, -0.2) is 8.42 Å². The third-order valence-corrected chi connectivity index (χ3v) is 7.18. The summed E-state index contributed by atoms with van der Waals surface area (Å²) in [5.41, 5.74) is 1.06. The fourth-order valence-corrected chi connectivity index (χ4v) is 5.53. The number of likely N-dealkylation sites (tertiary alicyclic amines) is 1. The molecule has 31 heavy (non-hydrogen) atoms. The average molecular weight is 442 g/mol.